The molecular formula is C9H5F12NO2. The Kier molecular flexibility index (Phi) is 4.55. The maximum atomic E-state index is 12.9. The van der Waals surface area contributed by atoms with Crippen LogP contribution in [0.2, 0.25) is 0 Å². The van der Waals surface area contributed by atoms with Crippen molar-refractivity contribution < 1.29 is 62.2 Å². The number of halogens is 12. The molecule has 1 aliphatic rings. The summed E-state index contributed by atoms with van der Waals surface area (Å²) in [5.74, 6) is -2.93. The smallest absolute Gasteiger partial charge is 0.448 e. The molecule has 142 valence electrons. The van der Waals surface area contributed by atoms with E-state index in [4.69, 9.17) is 0 Å². The number of hydrogen-bond donors (Lipinski definition) is 0. The van der Waals surface area contributed by atoms with Gasteiger partial charge in [-0.2, -0.15) is 57.7 Å². The Hall–Kier alpha value is -1.41. The summed E-state index contributed by atoms with van der Waals surface area (Å²) in [5, 5.41) is 0. The van der Waals surface area contributed by atoms with Gasteiger partial charge in [0.05, 0.1) is 6.61 Å². The molecule has 0 atom stereocenters. The van der Waals surface area contributed by atoms with Crippen molar-refractivity contribution in [3.8, 4) is 0 Å². The lowest BCUT2D eigenvalue weighted by Gasteiger charge is -2.37. The molecule has 0 saturated carbocycles. The van der Waals surface area contributed by atoms with Crippen molar-refractivity contribution in [3.05, 3.63) is 0 Å². The highest BCUT2D eigenvalue weighted by Gasteiger charge is 2.89. The first-order valence-corrected chi connectivity index (χ1v) is 5.57. The molecule has 0 aromatic carbocycles. The Morgan fingerprint density at radius 3 is 1.42 bits per heavy atom. The molecule has 3 nitrogen and oxygen atoms in total. The van der Waals surface area contributed by atoms with Gasteiger partial charge in [0.2, 0.25) is 5.90 Å². The second-order valence-electron chi connectivity index (χ2n) is 4.27. The minimum Gasteiger partial charge on any atom is -0.479 e. The van der Waals surface area contributed by atoms with Gasteiger partial charge in [0.1, 0.15) is 0 Å². The summed E-state index contributed by atoms with van der Waals surface area (Å²) in [4.78, 5) is 1.52. The number of ether oxygens (including phenoxy) is 2. The van der Waals surface area contributed by atoms with Gasteiger partial charge in [0.25, 0.3) is 0 Å². The molecule has 0 radical (unpaired) electrons. The standard InChI is InChI=1S/C9H5F12NO2/c1-2-23-3-4(6(10,11)12,7(13,14)15)24-5(22-3,8(16,17)18)9(19,20)21/h2H2,1H3. The molecule has 0 aromatic heterocycles. The first-order valence-electron chi connectivity index (χ1n) is 5.57. The topological polar surface area (TPSA) is 30.8 Å². The fraction of sp³-hybridized carbons (Fsp3) is 0.889. The van der Waals surface area contributed by atoms with Crippen LogP contribution in [0.25, 0.3) is 0 Å². The van der Waals surface area contributed by atoms with E-state index in [0.29, 0.717) is 0 Å². The summed E-state index contributed by atoms with van der Waals surface area (Å²) < 4.78 is 160. The van der Waals surface area contributed by atoms with E-state index in [9.17, 15) is 52.7 Å². The van der Waals surface area contributed by atoms with Crippen LogP contribution in [-0.2, 0) is 9.47 Å². The average molecular weight is 387 g/mol. The fourth-order valence-electron chi connectivity index (χ4n) is 1.70. The number of hydrogen-bond acceptors (Lipinski definition) is 3. The summed E-state index contributed by atoms with van der Waals surface area (Å²) in [6.07, 6.45) is -27.1. The van der Waals surface area contributed by atoms with E-state index >= 15 is 0 Å². The van der Waals surface area contributed by atoms with Gasteiger partial charge in [-0.25, -0.2) is 0 Å². The molecule has 0 amide bonds. The summed E-state index contributed by atoms with van der Waals surface area (Å²) in [6.45, 7) is -0.414. The molecule has 0 fully saturated rings. The predicted octanol–water partition coefficient (Wildman–Crippen LogP) is 4.14. The third-order valence-corrected chi connectivity index (χ3v) is 2.71. The zero-order valence-corrected chi connectivity index (χ0v) is 11.0. The van der Waals surface area contributed by atoms with Crippen LogP contribution in [0, 0.1) is 0 Å². The van der Waals surface area contributed by atoms with E-state index < -0.39 is 48.5 Å². The Bertz CT molecular complexity index is 483. The number of alkyl halides is 12. The second-order valence-corrected chi connectivity index (χ2v) is 4.27. The van der Waals surface area contributed by atoms with Gasteiger partial charge in [-0.1, -0.05) is 0 Å². The van der Waals surface area contributed by atoms with Gasteiger partial charge >= 0.3 is 36.0 Å². The number of nitrogens with zero attached hydrogens (tertiary/aromatic N) is 1. The molecule has 24 heavy (non-hydrogen) atoms. The molecular weight excluding hydrogens is 382 g/mol. The van der Waals surface area contributed by atoms with Crippen LogP contribution in [-0.4, -0.2) is 48.5 Å². The lowest BCUT2D eigenvalue weighted by atomic mass is 10.0. The van der Waals surface area contributed by atoms with E-state index in [2.05, 4.69) is 9.47 Å². The van der Waals surface area contributed by atoms with Crippen molar-refractivity contribution >= 4 is 5.90 Å². The lowest BCUT2D eigenvalue weighted by molar-refractivity contribution is -0.439. The minimum atomic E-state index is -6.79. The quantitative estimate of drug-likeness (QED) is 0.634. The van der Waals surface area contributed by atoms with E-state index in [-0.39, 0.29) is 0 Å². The summed E-state index contributed by atoms with van der Waals surface area (Å²) in [6, 6.07) is 0. The lowest BCUT2D eigenvalue weighted by Crippen LogP contribution is -2.67. The Morgan fingerprint density at radius 2 is 1.17 bits per heavy atom. The summed E-state index contributed by atoms with van der Waals surface area (Å²) >= 11 is 0. The van der Waals surface area contributed by atoms with Gasteiger partial charge in [-0.15, -0.1) is 0 Å². The van der Waals surface area contributed by atoms with Crippen LogP contribution in [0.15, 0.2) is 4.99 Å². The minimum absolute atomic E-state index is 0.723. The molecule has 0 bridgehead atoms. The third-order valence-electron chi connectivity index (χ3n) is 2.71. The first-order chi connectivity index (χ1) is 10.4. The molecule has 0 aliphatic carbocycles. The van der Waals surface area contributed by atoms with Crippen molar-refractivity contribution in [2.75, 3.05) is 6.61 Å². The molecule has 0 spiro atoms. The molecule has 15 heteroatoms. The van der Waals surface area contributed by atoms with Crippen molar-refractivity contribution in [2.24, 2.45) is 4.99 Å². The third kappa shape index (κ3) is 2.65. The predicted molar refractivity (Wildman–Crippen MR) is 49.8 cm³/mol. The van der Waals surface area contributed by atoms with Crippen molar-refractivity contribution in [1.82, 2.24) is 0 Å². The molecule has 1 rings (SSSR count). The van der Waals surface area contributed by atoms with Crippen LogP contribution in [0.4, 0.5) is 52.7 Å². The first kappa shape index (κ1) is 20.6. The van der Waals surface area contributed by atoms with Gasteiger partial charge < -0.3 is 9.47 Å². The molecule has 1 heterocycles. The second kappa shape index (κ2) is 5.29. The molecule has 0 saturated heterocycles. The fourth-order valence-corrected chi connectivity index (χ4v) is 1.70. The normalized spacial score (nSPS) is 21.6. The van der Waals surface area contributed by atoms with Crippen LogP contribution in [0.5, 0.6) is 0 Å². The molecule has 0 N–H and O–H groups in total. The molecule has 0 aromatic rings. The maximum Gasteiger partial charge on any atom is 0.448 e. The van der Waals surface area contributed by atoms with E-state index in [1.807, 2.05) is 0 Å². The largest absolute Gasteiger partial charge is 0.479 e. The highest BCUT2D eigenvalue weighted by Crippen LogP contribution is 2.59. The van der Waals surface area contributed by atoms with Crippen LogP contribution in [0.1, 0.15) is 6.92 Å². The van der Waals surface area contributed by atoms with E-state index in [1.54, 1.807) is 0 Å². The van der Waals surface area contributed by atoms with Crippen molar-refractivity contribution in [2.45, 2.75) is 43.0 Å². The van der Waals surface area contributed by atoms with E-state index in [1.165, 1.54) is 4.99 Å². The van der Waals surface area contributed by atoms with Gasteiger partial charge in [-0.3, -0.25) is 0 Å². The Morgan fingerprint density at radius 1 is 0.792 bits per heavy atom. The number of rotatable bonds is 1. The highest BCUT2D eigenvalue weighted by atomic mass is 19.4. The SMILES string of the molecule is CCOC1=NC(C(F)(F)F)(C(F)(F)F)OC1(C(F)(F)F)C(F)(F)F. The zero-order chi connectivity index (χ0) is 19.4. The summed E-state index contributed by atoms with van der Waals surface area (Å²) in [7, 11) is 0. The van der Waals surface area contributed by atoms with Crippen molar-refractivity contribution in [1.29, 1.82) is 0 Å². The molecule has 1 aliphatic heterocycles. The Labute approximate surface area is 124 Å². The monoisotopic (exact) mass is 387 g/mol. The van der Waals surface area contributed by atoms with Crippen LogP contribution in [0.3, 0.4) is 0 Å². The Balaban J connectivity index is 3.83. The van der Waals surface area contributed by atoms with Crippen molar-refractivity contribution in [3.63, 3.8) is 0 Å². The molecule has 0 unspecified atom stereocenters. The highest BCUT2D eigenvalue weighted by molar-refractivity contribution is 5.89. The average Bonchev–Trinajstić information content (AvgIpc) is 2.64. The zero-order valence-electron chi connectivity index (χ0n) is 11.0. The summed E-state index contributed by atoms with van der Waals surface area (Å²) in [5.41, 5.74) is -12.1. The maximum absolute atomic E-state index is 12.9. The number of aliphatic imine (C=N–C) groups is 1. The van der Waals surface area contributed by atoms with E-state index in [0.717, 1.165) is 6.92 Å². The van der Waals surface area contributed by atoms with Crippen LogP contribution < -0.4 is 0 Å². The van der Waals surface area contributed by atoms with Gasteiger partial charge in [-0.05, 0) is 6.92 Å². The van der Waals surface area contributed by atoms with Gasteiger partial charge in [0, 0.05) is 0 Å². The van der Waals surface area contributed by atoms with Crippen LogP contribution >= 0.6 is 0 Å². The van der Waals surface area contributed by atoms with Gasteiger partial charge in [0.15, 0.2) is 0 Å².